The third kappa shape index (κ3) is 1.75. The zero-order valence-corrected chi connectivity index (χ0v) is 9.80. The van der Waals surface area contributed by atoms with Crippen LogP contribution in [0.1, 0.15) is 26.2 Å². The van der Waals surface area contributed by atoms with Crippen molar-refractivity contribution in [3.63, 3.8) is 0 Å². The number of hydrogen-bond acceptors (Lipinski definition) is 3. The van der Waals surface area contributed by atoms with E-state index in [4.69, 9.17) is 0 Å². The molecule has 1 aliphatic rings. The lowest BCUT2D eigenvalue weighted by Crippen LogP contribution is -2.38. The number of halogens is 1. The summed E-state index contributed by atoms with van der Waals surface area (Å²) in [7, 11) is 0. The van der Waals surface area contributed by atoms with E-state index in [1.807, 2.05) is 0 Å². The second-order valence-electron chi connectivity index (χ2n) is 4.61. The minimum atomic E-state index is -0.261. The van der Waals surface area contributed by atoms with Crippen LogP contribution in [0.2, 0.25) is 0 Å². The summed E-state index contributed by atoms with van der Waals surface area (Å²) in [5, 5.41) is 8.26. The van der Waals surface area contributed by atoms with Gasteiger partial charge in [-0.25, -0.2) is 4.39 Å². The van der Waals surface area contributed by atoms with Gasteiger partial charge >= 0.3 is 0 Å². The molecule has 0 aromatic carbocycles. The van der Waals surface area contributed by atoms with E-state index >= 15 is 0 Å². The first-order valence-corrected chi connectivity index (χ1v) is 6.02. The van der Waals surface area contributed by atoms with Crippen molar-refractivity contribution in [2.75, 3.05) is 11.4 Å². The summed E-state index contributed by atoms with van der Waals surface area (Å²) in [6, 6.07) is 3.51. The van der Waals surface area contributed by atoms with Crippen LogP contribution in [0.4, 0.5) is 10.3 Å². The number of pyridine rings is 1. The van der Waals surface area contributed by atoms with Crippen molar-refractivity contribution in [3.05, 3.63) is 24.1 Å². The molecule has 1 aliphatic heterocycles. The van der Waals surface area contributed by atoms with Gasteiger partial charge in [0, 0.05) is 18.8 Å². The van der Waals surface area contributed by atoms with Crippen LogP contribution in [0.3, 0.4) is 0 Å². The normalized spacial score (nSPS) is 21.1. The Morgan fingerprint density at radius 1 is 1.29 bits per heavy atom. The highest BCUT2D eigenvalue weighted by Crippen LogP contribution is 2.23. The molecule has 1 fully saturated rings. The lowest BCUT2D eigenvalue weighted by Gasteiger charge is -2.33. The van der Waals surface area contributed by atoms with E-state index in [-0.39, 0.29) is 5.82 Å². The molecule has 0 N–H and O–H groups in total. The minimum absolute atomic E-state index is 0.261. The summed E-state index contributed by atoms with van der Waals surface area (Å²) in [4.78, 5) is 2.21. The predicted molar refractivity (Wildman–Crippen MR) is 63.6 cm³/mol. The fourth-order valence-electron chi connectivity index (χ4n) is 2.44. The van der Waals surface area contributed by atoms with E-state index in [0.717, 1.165) is 25.3 Å². The molecular weight excluding hydrogens is 219 g/mol. The quantitative estimate of drug-likeness (QED) is 0.758. The zero-order valence-electron chi connectivity index (χ0n) is 9.80. The first-order chi connectivity index (χ1) is 8.25. The van der Waals surface area contributed by atoms with Crippen LogP contribution in [-0.2, 0) is 0 Å². The van der Waals surface area contributed by atoms with Gasteiger partial charge in [0.25, 0.3) is 0 Å². The van der Waals surface area contributed by atoms with Gasteiger partial charge in [-0.1, -0.05) is 0 Å². The Morgan fingerprint density at radius 3 is 3.00 bits per heavy atom. The second kappa shape index (κ2) is 3.98. The molecule has 0 spiro atoms. The van der Waals surface area contributed by atoms with Crippen LogP contribution in [0, 0.1) is 5.82 Å². The number of fused-ring (bicyclic) bond motifs is 1. The Kier molecular flexibility index (Phi) is 2.46. The molecule has 0 unspecified atom stereocenters. The van der Waals surface area contributed by atoms with Gasteiger partial charge in [0.05, 0.1) is 0 Å². The van der Waals surface area contributed by atoms with Gasteiger partial charge in [-0.3, -0.25) is 4.40 Å². The van der Waals surface area contributed by atoms with Gasteiger partial charge in [0.2, 0.25) is 5.95 Å². The number of hydrogen-bond donors (Lipinski definition) is 0. The maximum Gasteiger partial charge on any atom is 0.232 e. The molecule has 0 radical (unpaired) electrons. The van der Waals surface area contributed by atoms with Crippen LogP contribution in [0.25, 0.3) is 5.65 Å². The lowest BCUT2D eigenvalue weighted by atomic mass is 10.0. The molecule has 17 heavy (non-hydrogen) atoms. The molecule has 1 atom stereocenters. The maximum absolute atomic E-state index is 13.3. The van der Waals surface area contributed by atoms with Crippen LogP contribution >= 0.6 is 0 Å². The molecule has 0 amide bonds. The van der Waals surface area contributed by atoms with Crippen LogP contribution in [0.15, 0.2) is 18.3 Å². The number of rotatable bonds is 1. The highest BCUT2D eigenvalue weighted by atomic mass is 19.1. The molecule has 3 rings (SSSR count). The first-order valence-electron chi connectivity index (χ1n) is 6.02. The average Bonchev–Trinajstić information content (AvgIpc) is 2.72. The summed E-state index contributed by atoms with van der Waals surface area (Å²) in [6.07, 6.45) is 5.02. The summed E-state index contributed by atoms with van der Waals surface area (Å²) < 4.78 is 15.0. The lowest BCUT2D eigenvalue weighted by molar-refractivity contribution is 0.475. The van der Waals surface area contributed by atoms with E-state index in [1.54, 1.807) is 10.5 Å². The average molecular weight is 234 g/mol. The van der Waals surface area contributed by atoms with Gasteiger partial charge < -0.3 is 4.90 Å². The van der Waals surface area contributed by atoms with Crippen molar-refractivity contribution in [2.24, 2.45) is 0 Å². The third-order valence-electron chi connectivity index (χ3n) is 3.41. The Balaban J connectivity index is 2.07. The van der Waals surface area contributed by atoms with Crippen molar-refractivity contribution in [1.29, 1.82) is 0 Å². The molecule has 4 nitrogen and oxygen atoms in total. The molecule has 0 bridgehead atoms. The fraction of sp³-hybridized carbons (Fsp3) is 0.500. The molecule has 2 aromatic heterocycles. The molecule has 0 aliphatic carbocycles. The second-order valence-corrected chi connectivity index (χ2v) is 4.61. The van der Waals surface area contributed by atoms with E-state index < -0.39 is 0 Å². The number of piperidine rings is 1. The molecule has 2 aromatic rings. The topological polar surface area (TPSA) is 33.4 Å². The summed E-state index contributed by atoms with van der Waals surface area (Å²) in [5.74, 6) is 0.495. The van der Waals surface area contributed by atoms with E-state index in [9.17, 15) is 4.39 Å². The van der Waals surface area contributed by atoms with Crippen molar-refractivity contribution >= 4 is 11.6 Å². The van der Waals surface area contributed by atoms with E-state index in [2.05, 4.69) is 22.0 Å². The molecule has 1 saturated heterocycles. The van der Waals surface area contributed by atoms with Crippen molar-refractivity contribution in [3.8, 4) is 0 Å². The summed E-state index contributed by atoms with van der Waals surface area (Å²) in [6.45, 7) is 3.15. The highest BCUT2D eigenvalue weighted by molar-refractivity contribution is 5.47. The van der Waals surface area contributed by atoms with Crippen LogP contribution in [-0.4, -0.2) is 27.2 Å². The Labute approximate surface area is 99.1 Å². The van der Waals surface area contributed by atoms with Gasteiger partial charge in [0.15, 0.2) is 5.65 Å². The standard InChI is InChI=1S/C12H15FN4/c1-9-4-2-3-7-16(9)12-15-14-11-6-5-10(13)8-17(11)12/h5-6,8-9H,2-4,7H2,1H3/t9-/m0/s1. The fourth-order valence-corrected chi connectivity index (χ4v) is 2.44. The smallest absolute Gasteiger partial charge is 0.232 e. The molecule has 5 heteroatoms. The predicted octanol–water partition coefficient (Wildman–Crippen LogP) is 2.25. The van der Waals surface area contributed by atoms with Gasteiger partial charge in [-0.05, 0) is 38.3 Å². The number of aromatic nitrogens is 3. The zero-order chi connectivity index (χ0) is 11.8. The summed E-state index contributed by atoms with van der Waals surface area (Å²) in [5.41, 5.74) is 0.694. The van der Waals surface area contributed by atoms with Crippen molar-refractivity contribution in [1.82, 2.24) is 14.6 Å². The molecular formula is C12H15FN4. The monoisotopic (exact) mass is 234 g/mol. The Bertz CT molecular complexity index is 536. The van der Waals surface area contributed by atoms with Crippen molar-refractivity contribution in [2.45, 2.75) is 32.2 Å². The maximum atomic E-state index is 13.3. The first kappa shape index (κ1) is 10.5. The summed E-state index contributed by atoms with van der Waals surface area (Å²) >= 11 is 0. The van der Waals surface area contributed by atoms with Gasteiger partial charge in [-0.15, -0.1) is 10.2 Å². The van der Waals surface area contributed by atoms with Crippen LogP contribution in [0.5, 0.6) is 0 Å². The van der Waals surface area contributed by atoms with E-state index in [1.165, 1.54) is 18.7 Å². The Morgan fingerprint density at radius 2 is 2.18 bits per heavy atom. The van der Waals surface area contributed by atoms with Crippen molar-refractivity contribution < 1.29 is 4.39 Å². The minimum Gasteiger partial charge on any atom is -0.338 e. The third-order valence-corrected chi connectivity index (χ3v) is 3.41. The number of nitrogens with zero attached hydrogens (tertiary/aromatic N) is 4. The Hall–Kier alpha value is -1.65. The van der Waals surface area contributed by atoms with Gasteiger partial charge in [0.1, 0.15) is 5.82 Å². The number of anilines is 1. The largest absolute Gasteiger partial charge is 0.338 e. The SMILES string of the molecule is C[C@H]1CCCCN1c1nnc2ccc(F)cn12. The molecule has 0 saturated carbocycles. The molecule has 90 valence electrons. The highest BCUT2D eigenvalue weighted by Gasteiger charge is 2.22. The van der Waals surface area contributed by atoms with Crippen LogP contribution < -0.4 is 4.90 Å². The molecule has 3 heterocycles. The van der Waals surface area contributed by atoms with E-state index in [0.29, 0.717) is 11.7 Å². The van der Waals surface area contributed by atoms with Gasteiger partial charge in [-0.2, -0.15) is 0 Å².